The largest absolute Gasteiger partial charge is 0.398 e. The molecule has 112 valence electrons. The molecule has 0 aromatic heterocycles. The smallest absolute Gasteiger partial charge is 0.244 e. The molecule has 1 aliphatic rings. The van der Waals surface area contributed by atoms with Crippen LogP contribution in [0.15, 0.2) is 23.1 Å². The van der Waals surface area contributed by atoms with Crippen molar-refractivity contribution in [2.75, 3.05) is 32.5 Å². The molecule has 0 atom stereocenters. The van der Waals surface area contributed by atoms with Crippen LogP contribution in [0.25, 0.3) is 0 Å². The minimum absolute atomic E-state index is 0.0755. The molecule has 1 aliphatic carbocycles. The van der Waals surface area contributed by atoms with Gasteiger partial charge in [0.05, 0.1) is 12.3 Å². The van der Waals surface area contributed by atoms with Gasteiger partial charge in [-0.2, -0.15) is 4.31 Å². The number of sulfonamides is 1. The van der Waals surface area contributed by atoms with E-state index in [-0.39, 0.29) is 10.6 Å². The Morgan fingerprint density at radius 3 is 2.75 bits per heavy atom. The van der Waals surface area contributed by atoms with E-state index in [1.807, 2.05) is 0 Å². The van der Waals surface area contributed by atoms with Crippen molar-refractivity contribution in [2.45, 2.75) is 17.7 Å². The Hall–Kier alpha value is -0.820. The summed E-state index contributed by atoms with van der Waals surface area (Å²) in [5.41, 5.74) is 5.88. The first-order chi connectivity index (χ1) is 9.41. The monoisotopic (exact) mass is 318 g/mol. The molecule has 2 N–H and O–H groups in total. The fourth-order valence-electron chi connectivity index (χ4n) is 1.77. The number of hydrogen-bond donors (Lipinski definition) is 1. The summed E-state index contributed by atoms with van der Waals surface area (Å²) in [7, 11) is -2.08. The highest BCUT2D eigenvalue weighted by molar-refractivity contribution is 7.89. The fraction of sp³-hybridized carbons (Fsp3) is 0.538. The third kappa shape index (κ3) is 3.85. The fourth-order valence-corrected chi connectivity index (χ4v) is 3.20. The van der Waals surface area contributed by atoms with Gasteiger partial charge in [-0.3, -0.25) is 0 Å². The Morgan fingerprint density at radius 1 is 1.45 bits per heavy atom. The van der Waals surface area contributed by atoms with E-state index in [0.717, 1.165) is 6.61 Å². The van der Waals surface area contributed by atoms with Crippen LogP contribution < -0.4 is 5.73 Å². The van der Waals surface area contributed by atoms with Crippen molar-refractivity contribution in [1.82, 2.24) is 4.31 Å². The zero-order valence-corrected chi connectivity index (χ0v) is 13.0. The molecule has 1 aromatic carbocycles. The van der Waals surface area contributed by atoms with Crippen LogP contribution in [-0.2, 0) is 14.8 Å². The van der Waals surface area contributed by atoms with Crippen molar-refractivity contribution < 1.29 is 13.2 Å². The van der Waals surface area contributed by atoms with Crippen LogP contribution in [0.2, 0.25) is 5.02 Å². The van der Waals surface area contributed by atoms with Crippen molar-refractivity contribution in [3.63, 3.8) is 0 Å². The van der Waals surface area contributed by atoms with Crippen LogP contribution in [0.4, 0.5) is 5.69 Å². The van der Waals surface area contributed by atoms with E-state index in [4.69, 9.17) is 22.1 Å². The van der Waals surface area contributed by atoms with Crippen LogP contribution in [0.3, 0.4) is 0 Å². The van der Waals surface area contributed by atoms with Crippen LogP contribution in [0.5, 0.6) is 0 Å². The predicted molar refractivity (Wildman–Crippen MR) is 79.2 cm³/mol. The van der Waals surface area contributed by atoms with Gasteiger partial charge in [-0.15, -0.1) is 0 Å². The van der Waals surface area contributed by atoms with Crippen molar-refractivity contribution >= 4 is 27.3 Å². The van der Waals surface area contributed by atoms with Gasteiger partial charge in [-0.25, -0.2) is 8.42 Å². The third-order valence-electron chi connectivity index (χ3n) is 3.26. The summed E-state index contributed by atoms with van der Waals surface area (Å²) in [6, 6.07) is 4.38. The number of nitrogens with two attached hydrogens (primary N) is 1. The molecule has 0 unspecified atom stereocenters. The molecular weight excluding hydrogens is 300 g/mol. The molecule has 0 aliphatic heterocycles. The van der Waals surface area contributed by atoms with Gasteiger partial charge in [-0.05, 0) is 37.0 Å². The van der Waals surface area contributed by atoms with Gasteiger partial charge in [0.15, 0.2) is 0 Å². The number of halogens is 1. The van der Waals surface area contributed by atoms with Gasteiger partial charge in [0.25, 0.3) is 0 Å². The Morgan fingerprint density at radius 2 is 2.15 bits per heavy atom. The van der Waals surface area contributed by atoms with Crippen molar-refractivity contribution in [3.8, 4) is 0 Å². The zero-order valence-electron chi connectivity index (χ0n) is 11.4. The van der Waals surface area contributed by atoms with Gasteiger partial charge in [0.2, 0.25) is 10.0 Å². The number of nitrogens with zero attached hydrogens (tertiary/aromatic N) is 1. The van der Waals surface area contributed by atoms with Crippen molar-refractivity contribution in [1.29, 1.82) is 0 Å². The maximum absolute atomic E-state index is 12.4. The normalized spacial score (nSPS) is 15.8. The predicted octanol–water partition coefficient (Wildman–Crippen LogP) is 1.97. The summed E-state index contributed by atoms with van der Waals surface area (Å²) in [5.74, 6) is 0.670. The van der Waals surface area contributed by atoms with Crippen LogP contribution in [0.1, 0.15) is 12.8 Å². The van der Waals surface area contributed by atoms with Crippen LogP contribution >= 0.6 is 11.6 Å². The molecule has 0 heterocycles. The van der Waals surface area contributed by atoms with Gasteiger partial charge >= 0.3 is 0 Å². The molecule has 1 fully saturated rings. The highest BCUT2D eigenvalue weighted by Crippen LogP contribution is 2.29. The Kier molecular flexibility index (Phi) is 4.90. The molecule has 1 aromatic rings. The molecule has 2 rings (SSSR count). The van der Waals surface area contributed by atoms with E-state index in [1.54, 1.807) is 0 Å². The lowest BCUT2D eigenvalue weighted by Crippen LogP contribution is -2.31. The zero-order chi connectivity index (χ0) is 14.8. The first-order valence-corrected chi connectivity index (χ1v) is 8.32. The highest BCUT2D eigenvalue weighted by atomic mass is 35.5. The highest BCUT2D eigenvalue weighted by Gasteiger charge is 2.24. The molecule has 0 bridgehead atoms. The van der Waals surface area contributed by atoms with E-state index >= 15 is 0 Å². The summed E-state index contributed by atoms with van der Waals surface area (Å²) in [4.78, 5) is 0.0755. The molecule has 7 heteroatoms. The number of anilines is 1. The minimum Gasteiger partial charge on any atom is -0.398 e. The van der Waals surface area contributed by atoms with E-state index in [2.05, 4.69) is 0 Å². The topological polar surface area (TPSA) is 72.6 Å². The lowest BCUT2D eigenvalue weighted by atomic mass is 10.3. The summed E-state index contributed by atoms with van der Waals surface area (Å²) in [6.07, 6.45) is 2.44. The molecule has 1 saturated carbocycles. The molecule has 0 radical (unpaired) electrons. The standard InChI is InChI=1S/C13H19ClN2O3S/c1-16(6-7-19-9-10-2-3-10)20(17,18)13-5-4-11(14)8-12(13)15/h4-5,8,10H,2-3,6-7,9,15H2,1H3. The first-order valence-electron chi connectivity index (χ1n) is 6.50. The van der Waals surface area contributed by atoms with Gasteiger partial charge in [-0.1, -0.05) is 11.6 Å². The molecule has 5 nitrogen and oxygen atoms in total. The lowest BCUT2D eigenvalue weighted by Gasteiger charge is -2.18. The van der Waals surface area contributed by atoms with E-state index in [9.17, 15) is 8.42 Å². The Bertz CT molecular complexity index is 573. The maximum Gasteiger partial charge on any atom is 0.244 e. The number of ether oxygens (including phenoxy) is 1. The molecular formula is C13H19ClN2O3S. The van der Waals surface area contributed by atoms with Crippen molar-refractivity contribution in [2.24, 2.45) is 5.92 Å². The third-order valence-corrected chi connectivity index (χ3v) is 5.43. The van der Waals surface area contributed by atoms with Crippen LogP contribution in [0, 0.1) is 5.92 Å². The van der Waals surface area contributed by atoms with Crippen molar-refractivity contribution in [3.05, 3.63) is 23.2 Å². The summed E-state index contributed by atoms with van der Waals surface area (Å²) in [5, 5.41) is 0.414. The second kappa shape index (κ2) is 6.30. The first kappa shape index (κ1) is 15.6. The maximum atomic E-state index is 12.4. The number of likely N-dealkylation sites (N-methyl/N-ethyl adjacent to an activating group) is 1. The average Bonchev–Trinajstić information content (AvgIpc) is 3.17. The SMILES string of the molecule is CN(CCOCC1CC1)S(=O)(=O)c1ccc(Cl)cc1N. The van der Waals surface area contributed by atoms with E-state index in [0.29, 0.717) is 24.1 Å². The molecule has 0 amide bonds. The van der Waals surface area contributed by atoms with E-state index < -0.39 is 10.0 Å². The number of rotatable bonds is 7. The number of hydrogen-bond acceptors (Lipinski definition) is 4. The second-order valence-electron chi connectivity index (χ2n) is 5.03. The average molecular weight is 319 g/mol. The van der Waals surface area contributed by atoms with Gasteiger partial charge in [0, 0.05) is 25.2 Å². The summed E-state index contributed by atoms with van der Waals surface area (Å²) in [6.45, 7) is 1.41. The molecule has 0 saturated heterocycles. The number of nitrogen functional groups attached to an aromatic ring is 1. The quantitative estimate of drug-likeness (QED) is 0.616. The second-order valence-corrected chi connectivity index (χ2v) is 7.48. The van der Waals surface area contributed by atoms with Crippen LogP contribution in [-0.4, -0.2) is 39.5 Å². The van der Waals surface area contributed by atoms with E-state index in [1.165, 1.54) is 42.4 Å². The molecule has 20 heavy (non-hydrogen) atoms. The number of benzene rings is 1. The summed E-state index contributed by atoms with van der Waals surface area (Å²) >= 11 is 5.78. The Balaban J connectivity index is 1.96. The Labute approximate surface area is 124 Å². The lowest BCUT2D eigenvalue weighted by molar-refractivity contribution is 0.117. The van der Waals surface area contributed by atoms with Gasteiger partial charge < -0.3 is 10.5 Å². The van der Waals surface area contributed by atoms with Gasteiger partial charge in [0.1, 0.15) is 4.90 Å². The minimum atomic E-state index is -3.60. The molecule has 0 spiro atoms. The summed E-state index contributed by atoms with van der Waals surface area (Å²) < 4.78 is 31.4.